The Labute approximate surface area is 167 Å². The third-order valence-electron chi connectivity index (χ3n) is 4.01. The van der Waals surface area contributed by atoms with Crippen LogP contribution < -0.4 is 10.6 Å². The van der Waals surface area contributed by atoms with Crippen LogP contribution in [-0.4, -0.2) is 36.2 Å². The van der Waals surface area contributed by atoms with Crippen molar-refractivity contribution in [3.8, 4) is 11.3 Å². The van der Waals surface area contributed by atoms with E-state index in [4.69, 9.17) is 9.26 Å². The summed E-state index contributed by atoms with van der Waals surface area (Å²) in [4.78, 5) is 35.6. The van der Waals surface area contributed by atoms with Crippen molar-refractivity contribution in [2.75, 3.05) is 13.2 Å². The number of rotatable bonds is 6. The summed E-state index contributed by atoms with van der Waals surface area (Å²) < 4.78 is 10.4. The minimum absolute atomic E-state index is 0.245. The van der Waals surface area contributed by atoms with Gasteiger partial charge in [-0.05, 0) is 24.1 Å². The molecule has 0 radical (unpaired) electrons. The summed E-state index contributed by atoms with van der Waals surface area (Å²) >= 11 is 0. The first-order valence-corrected chi connectivity index (χ1v) is 9.13. The van der Waals surface area contributed by atoms with Gasteiger partial charge in [0, 0.05) is 12.1 Å². The average Bonchev–Trinajstić information content (AvgIpc) is 3.14. The van der Waals surface area contributed by atoms with Gasteiger partial charge in [0.25, 0.3) is 5.91 Å². The molecule has 2 N–H and O–H groups in total. The predicted molar refractivity (Wildman–Crippen MR) is 106 cm³/mol. The Balaban J connectivity index is 1.64. The number of carbonyl (C=O) groups excluding carboxylic acids is 3. The first-order chi connectivity index (χ1) is 13.9. The van der Waals surface area contributed by atoms with Crippen LogP contribution >= 0.6 is 0 Å². The molecule has 0 bridgehead atoms. The summed E-state index contributed by atoms with van der Waals surface area (Å²) in [7, 11) is 0. The van der Waals surface area contributed by atoms with Crippen molar-refractivity contribution in [3.63, 3.8) is 0 Å². The third kappa shape index (κ3) is 5.19. The SMILES string of the molecule is CC(C)CNC(=O)NC(=O)COC(=O)c1ccc2noc(-c3ccccc3)c2c1. The molecule has 1 aromatic heterocycles. The van der Waals surface area contributed by atoms with E-state index < -0.39 is 24.5 Å². The molecule has 1 heterocycles. The molecular formula is C21H21N3O5. The van der Waals surface area contributed by atoms with Crippen LogP contribution in [0.25, 0.3) is 22.2 Å². The largest absolute Gasteiger partial charge is 0.452 e. The number of benzene rings is 2. The van der Waals surface area contributed by atoms with Crippen molar-refractivity contribution < 1.29 is 23.6 Å². The highest BCUT2D eigenvalue weighted by atomic mass is 16.5. The van der Waals surface area contributed by atoms with Crippen molar-refractivity contribution in [2.24, 2.45) is 5.92 Å². The Kier molecular flexibility index (Phi) is 6.23. The number of esters is 1. The van der Waals surface area contributed by atoms with E-state index in [1.165, 1.54) is 6.07 Å². The highest BCUT2D eigenvalue weighted by Crippen LogP contribution is 2.29. The molecule has 0 aliphatic rings. The third-order valence-corrected chi connectivity index (χ3v) is 4.01. The van der Waals surface area contributed by atoms with Gasteiger partial charge in [0.05, 0.1) is 10.9 Å². The van der Waals surface area contributed by atoms with Gasteiger partial charge < -0.3 is 14.6 Å². The second kappa shape index (κ2) is 9.01. The van der Waals surface area contributed by atoms with Crippen LogP contribution in [0, 0.1) is 5.92 Å². The molecule has 8 nitrogen and oxygen atoms in total. The minimum atomic E-state index is -0.712. The van der Waals surface area contributed by atoms with Gasteiger partial charge in [-0.2, -0.15) is 0 Å². The maximum absolute atomic E-state index is 12.3. The molecule has 29 heavy (non-hydrogen) atoms. The van der Waals surface area contributed by atoms with Gasteiger partial charge in [-0.25, -0.2) is 9.59 Å². The summed E-state index contributed by atoms with van der Waals surface area (Å²) in [5, 5.41) is 9.30. The molecule has 0 saturated carbocycles. The van der Waals surface area contributed by atoms with Crippen molar-refractivity contribution >= 4 is 28.8 Å². The number of nitrogens with zero attached hydrogens (tertiary/aromatic N) is 1. The Hall–Kier alpha value is -3.68. The molecule has 150 valence electrons. The zero-order valence-corrected chi connectivity index (χ0v) is 16.1. The first-order valence-electron chi connectivity index (χ1n) is 9.13. The summed E-state index contributed by atoms with van der Waals surface area (Å²) in [5.74, 6) is -0.614. The van der Waals surface area contributed by atoms with Gasteiger partial charge in [0.2, 0.25) is 0 Å². The monoisotopic (exact) mass is 395 g/mol. The zero-order chi connectivity index (χ0) is 20.8. The van der Waals surface area contributed by atoms with Gasteiger partial charge in [0.15, 0.2) is 12.4 Å². The highest BCUT2D eigenvalue weighted by Gasteiger charge is 2.16. The van der Waals surface area contributed by atoms with E-state index in [9.17, 15) is 14.4 Å². The summed E-state index contributed by atoms with van der Waals surface area (Å²) in [6.07, 6.45) is 0. The average molecular weight is 395 g/mol. The molecule has 2 aromatic carbocycles. The predicted octanol–water partition coefficient (Wildman–Crippen LogP) is 3.13. The molecular weight excluding hydrogens is 374 g/mol. The maximum Gasteiger partial charge on any atom is 0.338 e. The fourth-order valence-corrected chi connectivity index (χ4v) is 2.58. The Morgan fingerprint density at radius 3 is 2.59 bits per heavy atom. The van der Waals surface area contributed by atoms with Gasteiger partial charge >= 0.3 is 12.0 Å². The Morgan fingerprint density at radius 1 is 1.10 bits per heavy atom. The van der Waals surface area contributed by atoms with Crippen LogP contribution in [-0.2, 0) is 9.53 Å². The fraction of sp³-hybridized carbons (Fsp3) is 0.238. The topological polar surface area (TPSA) is 111 Å². The van der Waals surface area contributed by atoms with Gasteiger partial charge in [-0.1, -0.05) is 49.3 Å². The standard InChI is InChI=1S/C21H21N3O5/c1-13(2)11-22-21(27)23-18(25)12-28-20(26)15-8-9-17-16(10-15)19(29-24-17)14-6-4-3-5-7-14/h3-10,13H,11-12H2,1-2H3,(H2,22,23,25,27). The van der Waals surface area contributed by atoms with E-state index >= 15 is 0 Å². The molecule has 0 fully saturated rings. The Morgan fingerprint density at radius 2 is 1.86 bits per heavy atom. The summed E-state index contributed by atoms with van der Waals surface area (Å²) in [5.41, 5.74) is 1.67. The number of hydrogen-bond donors (Lipinski definition) is 2. The second-order valence-corrected chi connectivity index (χ2v) is 6.84. The molecule has 8 heteroatoms. The number of amides is 3. The smallest absolute Gasteiger partial charge is 0.338 e. The van der Waals surface area contributed by atoms with Crippen molar-refractivity contribution in [3.05, 3.63) is 54.1 Å². The molecule has 0 atom stereocenters. The fourth-order valence-electron chi connectivity index (χ4n) is 2.58. The maximum atomic E-state index is 12.3. The lowest BCUT2D eigenvalue weighted by Crippen LogP contribution is -2.42. The number of fused-ring (bicyclic) bond motifs is 1. The number of urea groups is 1. The number of imide groups is 1. The zero-order valence-electron chi connectivity index (χ0n) is 16.1. The lowest BCUT2D eigenvalue weighted by molar-refractivity contribution is -0.123. The molecule has 0 spiro atoms. The van der Waals surface area contributed by atoms with E-state index in [2.05, 4.69) is 15.8 Å². The van der Waals surface area contributed by atoms with Crippen molar-refractivity contribution in [1.29, 1.82) is 0 Å². The van der Waals surface area contributed by atoms with Gasteiger partial charge in [-0.15, -0.1) is 0 Å². The van der Waals surface area contributed by atoms with Crippen LogP contribution in [0.3, 0.4) is 0 Å². The van der Waals surface area contributed by atoms with Crippen LogP contribution in [0.15, 0.2) is 53.1 Å². The number of carbonyl (C=O) groups is 3. The minimum Gasteiger partial charge on any atom is -0.452 e. The van der Waals surface area contributed by atoms with E-state index in [0.29, 0.717) is 23.2 Å². The highest BCUT2D eigenvalue weighted by molar-refractivity contribution is 6.00. The van der Waals surface area contributed by atoms with Gasteiger partial charge in [0.1, 0.15) is 5.52 Å². The lowest BCUT2D eigenvalue weighted by atomic mass is 10.1. The number of aromatic nitrogens is 1. The molecule has 0 aliphatic heterocycles. The normalized spacial score (nSPS) is 10.7. The molecule has 0 saturated heterocycles. The van der Waals surface area contributed by atoms with Crippen LogP contribution in [0.2, 0.25) is 0 Å². The molecule has 0 aliphatic carbocycles. The van der Waals surface area contributed by atoms with E-state index in [1.54, 1.807) is 12.1 Å². The quantitative estimate of drug-likeness (QED) is 0.621. The summed E-state index contributed by atoms with van der Waals surface area (Å²) in [6.45, 7) is 3.72. The number of ether oxygens (including phenoxy) is 1. The first kappa shape index (κ1) is 20.1. The second-order valence-electron chi connectivity index (χ2n) is 6.84. The van der Waals surface area contributed by atoms with Gasteiger partial charge in [-0.3, -0.25) is 10.1 Å². The van der Waals surface area contributed by atoms with E-state index in [-0.39, 0.29) is 11.5 Å². The van der Waals surface area contributed by atoms with Crippen LogP contribution in [0.4, 0.5) is 4.79 Å². The van der Waals surface area contributed by atoms with E-state index in [1.807, 2.05) is 44.2 Å². The molecule has 3 amide bonds. The Bertz CT molecular complexity index is 1030. The lowest BCUT2D eigenvalue weighted by Gasteiger charge is -2.09. The van der Waals surface area contributed by atoms with Crippen molar-refractivity contribution in [1.82, 2.24) is 15.8 Å². The number of hydrogen-bond acceptors (Lipinski definition) is 6. The van der Waals surface area contributed by atoms with E-state index in [0.717, 1.165) is 5.56 Å². The molecule has 3 aromatic rings. The van der Waals surface area contributed by atoms with Crippen LogP contribution in [0.1, 0.15) is 24.2 Å². The van der Waals surface area contributed by atoms with Crippen LogP contribution in [0.5, 0.6) is 0 Å². The number of nitrogens with one attached hydrogen (secondary N) is 2. The van der Waals surface area contributed by atoms with Crippen molar-refractivity contribution in [2.45, 2.75) is 13.8 Å². The summed E-state index contributed by atoms with van der Waals surface area (Å²) in [6, 6.07) is 13.5. The molecule has 0 unspecified atom stereocenters. The molecule has 3 rings (SSSR count).